The number of halogens is 1. The van der Waals surface area contributed by atoms with Gasteiger partial charge in [0, 0.05) is 11.0 Å². The van der Waals surface area contributed by atoms with Crippen molar-refractivity contribution in [2.24, 2.45) is 0 Å². The van der Waals surface area contributed by atoms with E-state index in [-0.39, 0.29) is 17.1 Å². The van der Waals surface area contributed by atoms with E-state index in [9.17, 15) is 4.39 Å². The molecule has 19 heavy (non-hydrogen) atoms. The number of anilines is 1. The van der Waals surface area contributed by atoms with E-state index >= 15 is 0 Å². The van der Waals surface area contributed by atoms with E-state index in [0.29, 0.717) is 11.1 Å². The smallest absolute Gasteiger partial charge is 0.175 e. The van der Waals surface area contributed by atoms with Crippen LogP contribution in [0.15, 0.2) is 28.8 Å². The fourth-order valence-corrected chi connectivity index (χ4v) is 3.02. The summed E-state index contributed by atoms with van der Waals surface area (Å²) < 4.78 is 19.4. The van der Waals surface area contributed by atoms with Crippen molar-refractivity contribution in [3.05, 3.63) is 35.8 Å². The van der Waals surface area contributed by atoms with Crippen molar-refractivity contribution in [2.45, 2.75) is 38.0 Å². The first-order valence-corrected chi connectivity index (χ1v) is 6.62. The Morgan fingerprint density at radius 2 is 1.95 bits per heavy atom. The van der Waals surface area contributed by atoms with E-state index in [1.54, 1.807) is 18.2 Å². The van der Waals surface area contributed by atoms with Crippen molar-refractivity contribution in [1.29, 1.82) is 0 Å². The van der Waals surface area contributed by atoms with Crippen LogP contribution in [-0.4, -0.2) is 5.16 Å². The topological polar surface area (TPSA) is 52.0 Å². The summed E-state index contributed by atoms with van der Waals surface area (Å²) in [6.45, 7) is 2.14. The summed E-state index contributed by atoms with van der Waals surface area (Å²) in [6, 6.07) is 6.62. The van der Waals surface area contributed by atoms with Crippen LogP contribution in [0.25, 0.3) is 11.1 Å². The average Bonchev–Trinajstić information content (AvgIpc) is 2.98. The third-order valence-electron chi connectivity index (χ3n) is 4.12. The third-order valence-corrected chi connectivity index (χ3v) is 4.12. The number of nitrogens with two attached hydrogens (primary N) is 1. The van der Waals surface area contributed by atoms with Crippen molar-refractivity contribution in [2.75, 3.05) is 5.73 Å². The molecule has 1 heterocycles. The molecule has 1 saturated carbocycles. The first kappa shape index (κ1) is 12.2. The maximum Gasteiger partial charge on any atom is 0.175 e. The minimum atomic E-state index is -0.291. The lowest BCUT2D eigenvalue weighted by atomic mass is 9.82. The molecule has 1 aromatic heterocycles. The van der Waals surface area contributed by atoms with Gasteiger partial charge in [-0.05, 0) is 18.9 Å². The molecule has 1 aliphatic rings. The highest BCUT2D eigenvalue weighted by Gasteiger charge is 2.38. The van der Waals surface area contributed by atoms with Gasteiger partial charge < -0.3 is 10.3 Å². The standard InChI is InChI=1S/C15H17FN2O/c1-15(8-4-5-9-15)13-12(14(17)18-19-13)10-6-2-3-7-11(10)16/h2-3,6-7H,4-5,8-9H2,1H3,(H2,17,18). The third kappa shape index (κ3) is 1.91. The first-order valence-electron chi connectivity index (χ1n) is 6.62. The van der Waals surface area contributed by atoms with Crippen LogP contribution in [0.5, 0.6) is 0 Å². The molecule has 100 valence electrons. The second-order valence-electron chi connectivity index (χ2n) is 5.52. The van der Waals surface area contributed by atoms with Gasteiger partial charge in [-0.25, -0.2) is 4.39 Å². The van der Waals surface area contributed by atoms with Crippen molar-refractivity contribution in [3.8, 4) is 11.1 Å². The van der Waals surface area contributed by atoms with Crippen LogP contribution in [0.3, 0.4) is 0 Å². The highest BCUT2D eigenvalue weighted by molar-refractivity contribution is 5.76. The molecule has 2 aromatic rings. The van der Waals surface area contributed by atoms with Gasteiger partial charge in [0.1, 0.15) is 5.82 Å². The van der Waals surface area contributed by atoms with Crippen LogP contribution in [0, 0.1) is 5.82 Å². The molecule has 0 radical (unpaired) electrons. The van der Waals surface area contributed by atoms with Gasteiger partial charge >= 0.3 is 0 Å². The van der Waals surface area contributed by atoms with Gasteiger partial charge in [0.25, 0.3) is 0 Å². The molecular formula is C15H17FN2O. The number of nitrogens with zero attached hydrogens (tertiary/aromatic N) is 1. The summed E-state index contributed by atoms with van der Waals surface area (Å²) in [7, 11) is 0. The summed E-state index contributed by atoms with van der Waals surface area (Å²) in [4.78, 5) is 0. The van der Waals surface area contributed by atoms with Crippen molar-refractivity contribution in [1.82, 2.24) is 5.16 Å². The zero-order valence-corrected chi connectivity index (χ0v) is 10.9. The molecule has 0 saturated heterocycles. The SMILES string of the molecule is CC1(c2onc(N)c2-c2ccccc2F)CCCC1. The largest absolute Gasteiger partial charge is 0.380 e. The quantitative estimate of drug-likeness (QED) is 0.891. The zero-order valence-electron chi connectivity index (χ0n) is 10.9. The molecule has 2 N–H and O–H groups in total. The second kappa shape index (κ2) is 4.37. The van der Waals surface area contributed by atoms with Gasteiger partial charge in [0.2, 0.25) is 0 Å². The lowest BCUT2D eigenvalue weighted by Gasteiger charge is -2.21. The summed E-state index contributed by atoms with van der Waals surface area (Å²) in [6.07, 6.45) is 4.38. The number of aromatic nitrogens is 1. The maximum atomic E-state index is 14.0. The molecule has 1 fully saturated rings. The molecule has 1 aromatic carbocycles. The van der Waals surface area contributed by atoms with Gasteiger partial charge in [-0.3, -0.25) is 0 Å². The molecule has 4 heteroatoms. The predicted octanol–water partition coefficient (Wildman–Crippen LogP) is 3.89. The van der Waals surface area contributed by atoms with E-state index in [4.69, 9.17) is 10.3 Å². The van der Waals surface area contributed by atoms with Crippen LogP contribution < -0.4 is 5.73 Å². The van der Waals surface area contributed by atoms with E-state index in [2.05, 4.69) is 12.1 Å². The molecule has 1 aliphatic carbocycles. The Bertz CT molecular complexity index is 600. The molecule has 0 atom stereocenters. The van der Waals surface area contributed by atoms with Crippen LogP contribution in [-0.2, 0) is 5.41 Å². The fourth-order valence-electron chi connectivity index (χ4n) is 3.02. The number of nitrogen functional groups attached to an aromatic ring is 1. The highest BCUT2D eigenvalue weighted by atomic mass is 19.1. The molecule has 3 nitrogen and oxygen atoms in total. The van der Waals surface area contributed by atoms with Crippen LogP contribution in [0.1, 0.15) is 38.4 Å². The Labute approximate surface area is 111 Å². The van der Waals surface area contributed by atoms with E-state index < -0.39 is 0 Å². The van der Waals surface area contributed by atoms with Crippen molar-refractivity contribution in [3.63, 3.8) is 0 Å². The summed E-state index contributed by atoms with van der Waals surface area (Å²) in [5.74, 6) is 0.709. The van der Waals surface area contributed by atoms with Crippen LogP contribution in [0.4, 0.5) is 10.2 Å². The number of hydrogen-bond donors (Lipinski definition) is 1. The molecule has 0 aliphatic heterocycles. The Hall–Kier alpha value is -1.84. The second-order valence-corrected chi connectivity index (χ2v) is 5.52. The molecule has 0 bridgehead atoms. The lowest BCUT2D eigenvalue weighted by molar-refractivity contribution is 0.307. The minimum Gasteiger partial charge on any atom is -0.380 e. The monoisotopic (exact) mass is 260 g/mol. The highest BCUT2D eigenvalue weighted by Crippen LogP contribution is 2.46. The Morgan fingerprint density at radius 1 is 1.26 bits per heavy atom. The van der Waals surface area contributed by atoms with Gasteiger partial charge in [-0.2, -0.15) is 0 Å². The van der Waals surface area contributed by atoms with E-state index in [0.717, 1.165) is 31.4 Å². The lowest BCUT2D eigenvalue weighted by Crippen LogP contribution is -2.17. The van der Waals surface area contributed by atoms with Gasteiger partial charge in [-0.1, -0.05) is 43.1 Å². The maximum absolute atomic E-state index is 14.0. The molecule has 0 amide bonds. The van der Waals surface area contributed by atoms with Crippen LogP contribution >= 0.6 is 0 Å². The summed E-state index contributed by atoms with van der Waals surface area (Å²) in [5.41, 5.74) is 6.92. The van der Waals surface area contributed by atoms with E-state index in [1.165, 1.54) is 6.07 Å². The minimum absolute atomic E-state index is 0.0811. The van der Waals surface area contributed by atoms with Gasteiger partial charge in [-0.15, -0.1) is 0 Å². The predicted molar refractivity (Wildman–Crippen MR) is 72.1 cm³/mol. The van der Waals surface area contributed by atoms with Gasteiger partial charge in [0.15, 0.2) is 11.6 Å². The first-order chi connectivity index (χ1) is 9.12. The van der Waals surface area contributed by atoms with Crippen molar-refractivity contribution >= 4 is 5.82 Å². The fraction of sp³-hybridized carbons (Fsp3) is 0.400. The Morgan fingerprint density at radius 3 is 2.63 bits per heavy atom. The molecule has 0 unspecified atom stereocenters. The molecule has 0 spiro atoms. The van der Waals surface area contributed by atoms with Crippen LogP contribution in [0.2, 0.25) is 0 Å². The Kier molecular flexibility index (Phi) is 2.81. The van der Waals surface area contributed by atoms with Crippen molar-refractivity contribution < 1.29 is 8.91 Å². The summed E-state index contributed by atoms with van der Waals surface area (Å²) in [5, 5.41) is 3.86. The number of benzene rings is 1. The number of rotatable bonds is 2. The average molecular weight is 260 g/mol. The molecule has 3 rings (SSSR count). The number of hydrogen-bond acceptors (Lipinski definition) is 3. The Balaban J connectivity index is 2.17. The van der Waals surface area contributed by atoms with E-state index in [1.807, 2.05) is 0 Å². The zero-order chi connectivity index (χ0) is 13.5. The molecular weight excluding hydrogens is 243 g/mol. The summed E-state index contributed by atoms with van der Waals surface area (Å²) >= 11 is 0. The normalized spacial score (nSPS) is 17.8. The van der Waals surface area contributed by atoms with Gasteiger partial charge in [0.05, 0.1) is 5.56 Å².